The fourth-order valence-corrected chi connectivity index (χ4v) is 3.43. The van der Waals surface area contributed by atoms with E-state index >= 15 is 0 Å². The second-order valence-corrected chi connectivity index (χ2v) is 6.94. The Hall–Kier alpha value is -0.770. The summed E-state index contributed by atoms with van der Waals surface area (Å²) in [5.41, 5.74) is -0.411. The molecule has 1 heterocycles. The van der Waals surface area contributed by atoms with Crippen molar-refractivity contribution in [2.24, 2.45) is 11.8 Å². The Balaban J connectivity index is 1.79. The number of hydrogen-bond donors (Lipinski definition) is 2. The smallest absolute Gasteiger partial charge is 0.407 e. The molecule has 1 saturated carbocycles. The lowest BCUT2D eigenvalue weighted by molar-refractivity contribution is 0.0492. The molecule has 1 amide bonds. The Kier molecular flexibility index (Phi) is 4.71. The van der Waals surface area contributed by atoms with Crippen molar-refractivity contribution in [2.75, 3.05) is 13.1 Å². The molecule has 0 aromatic rings. The molecular weight excluding hydrogens is 240 g/mol. The number of nitrogens with one attached hydrogen (secondary N) is 2. The second kappa shape index (κ2) is 6.12. The van der Waals surface area contributed by atoms with Crippen molar-refractivity contribution >= 4 is 6.09 Å². The van der Waals surface area contributed by atoms with E-state index in [0.29, 0.717) is 12.0 Å². The Morgan fingerprint density at radius 1 is 1.26 bits per heavy atom. The lowest BCUT2D eigenvalue weighted by Crippen LogP contribution is -2.50. The summed E-state index contributed by atoms with van der Waals surface area (Å²) in [6.07, 6.45) is 6.17. The molecule has 0 aromatic heterocycles. The third-order valence-electron chi connectivity index (χ3n) is 4.25. The van der Waals surface area contributed by atoms with Crippen LogP contribution >= 0.6 is 0 Å². The molecule has 1 aliphatic heterocycles. The minimum Gasteiger partial charge on any atom is -0.444 e. The quantitative estimate of drug-likeness (QED) is 0.809. The van der Waals surface area contributed by atoms with Gasteiger partial charge in [-0.05, 0) is 58.4 Å². The molecule has 110 valence electrons. The van der Waals surface area contributed by atoms with Gasteiger partial charge in [-0.1, -0.05) is 12.8 Å². The van der Waals surface area contributed by atoms with Gasteiger partial charge >= 0.3 is 6.09 Å². The van der Waals surface area contributed by atoms with Crippen LogP contribution in [0.2, 0.25) is 0 Å². The third-order valence-corrected chi connectivity index (χ3v) is 4.25. The van der Waals surface area contributed by atoms with Crippen molar-refractivity contribution in [3.05, 3.63) is 0 Å². The van der Waals surface area contributed by atoms with Crippen molar-refractivity contribution in [1.82, 2.24) is 10.6 Å². The monoisotopic (exact) mass is 268 g/mol. The lowest BCUT2D eigenvalue weighted by atomic mass is 9.73. The first kappa shape index (κ1) is 14.6. The Morgan fingerprint density at radius 3 is 2.74 bits per heavy atom. The van der Waals surface area contributed by atoms with E-state index in [4.69, 9.17) is 4.74 Å². The maximum absolute atomic E-state index is 11.7. The SMILES string of the molecule is CC(C)(C)OC(=O)NC[C@@H]1CCN[C@@H]2CCCC[C@@H]12. The molecule has 4 heteroatoms. The summed E-state index contributed by atoms with van der Waals surface area (Å²) in [4.78, 5) is 11.7. The van der Waals surface area contributed by atoms with Crippen LogP contribution in [-0.2, 0) is 4.74 Å². The molecule has 0 spiro atoms. The summed E-state index contributed by atoms with van der Waals surface area (Å²) < 4.78 is 5.30. The molecule has 2 fully saturated rings. The minimum atomic E-state index is -0.411. The van der Waals surface area contributed by atoms with E-state index in [2.05, 4.69) is 10.6 Å². The average Bonchev–Trinajstić information content (AvgIpc) is 2.34. The molecule has 2 aliphatic rings. The average molecular weight is 268 g/mol. The summed E-state index contributed by atoms with van der Waals surface area (Å²) in [7, 11) is 0. The largest absolute Gasteiger partial charge is 0.444 e. The highest BCUT2D eigenvalue weighted by atomic mass is 16.6. The van der Waals surface area contributed by atoms with E-state index in [0.717, 1.165) is 25.4 Å². The van der Waals surface area contributed by atoms with Gasteiger partial charge in [-0.15, -0.1) is 0 Å². The predicted molar refractivity (Wildman–Crippen MR) is 76.1 cm³/mol. The van der Waals surface area contributed by atoms with Crippen LogP contribution in [0.15, 0.2) is 0 Å². The van der Waals surface area contributed by atoms with Gasteiger partial charge in [0.15, 0.2) is 0 Å². The maximum Gasteiger partial charge on any atom is 0.407 e. The highest BCUT2D eigenvalue weighted by Gasteiger charge is 2.34. The summed E-state index contributed by atoms with van der Waals surface area (Å²) in [6, 6.07) is 0.674. The highest BCUT2D eigenvalue weighted by Crippen LogP contribution is 2.34. The molecule has 0 unspecified atom stereocenters. The molecule has 1 aliphatic carbocycles. The number of carbonyl (C=O) groups is 1. The van der Waals surface area contributed by atoms with Crippen LogP contribution in [0.4, 0.5) is 4.79 Å². The van der Waals surface area contributed by atoms with Crippen molar-refractivity contribution in [2.45, 2.75) is 64.5 Å². The van der Waals surface area contributed by atoms with Gasteiger partial charge in [0.25, 0.3) is 0 Å². The second-order valence-electron chi connectivity index (χ2n) is 6.94. The van der Waals surface area contributed by atoms with Crippen molar-refractivity contribution < 1.29 is 9.53 Å². The van der Waals surface area contributed by atoms with Gasteiger partial charge in [0.1, 0.15) is 5.60 Å². The molecular formula is C15H28N2O2. The van der Waals surface area contributed by atoms with Crippen LogP contribution in [0, 0.1) is 11.8 Å². The first-order chi connectivity index (χ1) is 8.96. The topological polar surface area (TPSA) is 50.4 Å². The van der Waals surface area contributed by atoms with E-state index in [9.17, 15) is 4.79 Å². The van der Waals surface area contributed by atoms with Crippen LogP contribution in [-0.4, -0.2) is 30.8 Å². The minimum absolute atomic E-state index is 0.279. The number of ether oxygens (including phenoxy) is 1. The molecule has 2 N–H and O–H groups in total. The van der Waals surface area contributed by atoms with Crippen LogP contribution < -0.4 is 10.6 Å². The zero-order valence-electron chi connectivity index (χ0n) is 12.5. The number of hydrogen-bond acceptors (Lipinski definition) is 3. The third kappa shape index (κ3) is 4.37. The maximum atomic E-state index is 11.7. The molecule has 0 bridgehead atoms. The van der Waals surface area contributed by atoms with Crippen LogP contribution in [0.3, 0.4) is 0 Å². The number of fused-ring (bicyclic) bond motifs is 1. The highest BCUT2D eigenvalue weighted by molar-refractivity contribution is 5.67. The summed E-state index contributed by atoms with van der Waals surface area (Å²) in [6.45, 7) is 7.54. The molecule has 1 saturated heterocycles. The fourth-order valence-electron chi connectivity index (χ4n) is 3.43. The van der Waals surface area contributed by atoms with Gasteiger partial charge < -0.3 is 15.4 Å². The molecule has 0 radical (unpaired) electrons. The van der Waals surface area contributed by atoms with Gasteiger partial charge in [0.05, 0.1) is 0 Å². The number of amides is 1. The summed E-state index contributed by atoms with van der Waals surface area (Å²) in [5, 5.41) is 6.59. The van der Waals surface area contributed by atoms with E-state index in [1.807, 2.05) is 20.8 Å². The molecule has 19 heavy (non-hydrogen) atoms. The first-order valence-electron chi connectivity index (χ1n) is 7.66. The Bertz CT molecular complexity index is 310. The molecule has 0 aromatic carbocycles. The normalized spacial score (nSPS) is 31.4. The van der Waals surface area contributed by atoms with Crippen molar-refractivity contribution in [1.29, 1.82) is 0 Å². The van der Waals surface area contributed by atoms with Crippen LogP contribution in [0.25, 0.3) is 0 Å². The van der Waals surface area contributed by atoms with E-state index < -0.39 is 5.60 Å². The Labute approximate surface area is 116 Å². The van der Waals surface area contributed by atoms with Gasteiger partial charge in [0.2, 0.25) is 0 Å². The lowest BCUT2D eigenvalue weighted by Gasteiger charge is -2.42. The molecule has 2 rings (SSSR count). The van der Waals surface area contributed by atoms with Gasteiger partial charge in [0, 0.05) is 12.6 Å². The summed E-state index contributed by atoms with van der Waals surface area (Å²) in [5.74, 6) is 1.34. The zero-order valence-corrected chi connectivity index (χ0v) is 12.5. The standard InChI is InChI=1S/C15H28N2O2/c1-15(2,3)19-14(18)17-10-11-8-9-16-13-7-5-4-6-12(11)13/h11-13,16H,4-10H2,1-3H3,(H,17,18)/t11-,12-,13+/m0/s1. The number of rotatable bonds is 2. The van der Waals surface area contributed by atoms with Crippen molar-refractivity contribution in [3.63, 3.8) is 0 Å². The van der Waals surface area contributed by atoms with Crippen LogP contribution in [0.5, 0.6) is 0 Å². The van der Waals surface area contributed by atoms with Gasteiger partial charge in [-0.3, -0.25) is 0 Å². The van der Waals surface area contributed by atoms with E-state index in [1.54, 1.807) is 0 Å². The fraction of sp³-hybridized carbons (Fsp3) is 0.933. The first-order valence-corrected chi connectivity index (χ1v) is 7.66. The van der Waals surface area contributed by atoms with E-state index in [-0.39, 0.29) is 6.09 Å². The molecule has 4 nitrogen and oxygen atoms in total. The predicted octanol–water partition coefficient (Wildman–Crippen LogP) is 2.68. The van der Waals surface area contributed by atoms with Crippen LogP contribution in [0.1, 0.15) is 52.9 Å². The number of carbonyl (C=O) groups excluding carboxylic acids is 1. The number of alkyl carbamates (subject to hydrolysis) is 1. The van der Waals surface area contributed by atoms with Gasteiger partial charge in [-0.2, -0.15) is 0 Å². The number of piperidine rings is 1. The van der Waals surface area contributed by atoms with Crippen molar-refractivity contribution in [3.8, 4) is 0 Å². The van der Waals surface area contributed by atoms with E-state index in [1.165, 1.54) is 25.7 Å². The summed E-state index contributed by atoms with van der Waals surface area (Å²) >= 11 is 0. The molecule has 3 atom stereocenters. The van der Waals surface area contributed by atoms with Gasteiger partial charge in [-0.25, -0.2) is 4.79 Å². The zero-order chi connectivity index (χ0) is 13.9. The Morgan fingerprint density at radius 2 is 2.00 bits per heavy atom.